The van der Waals surface area contributed by atoms with Gasteiger partial charge in [-0.3, -0.25) is 4.79 Å². The molecule has 0 bridgehead atoms. The Kier molecular flexibility index (Phi) is 20.8. The standard InChI is InChI=1S/C5H10O3.CH3Cl2N.H2O/c1-2-8-5(7)3-4-6;2-1(3)4;/h6H,2-4H2,1H3;1H,4H2;1H2. The molecule has 5 N–H and O–H groups in total. The van der Waals surface area contributed by atoms with E-state index < -0.39 is 4.96 Å². The highest BCUT2D eigenvalue weighted by Crippen LogP contribution is 1.86. The molecule has 5 nitrogen and oxygen atoms in total. The molecular weight excluding hydrogens is 221 g/mol. The van der Waals surface area contributed by atoms with Gasteiger partial charge < -0.3 is 21.1 Å². The predicted molar refractivity (Wildman–Crippen MR) is 51.6 cm³/mol. The lowest BCUT2D eigenvalue weighted by atomic mass is 10.5. The van der Waals surface area contributed by atoms with Gasteiger partial charge in [0, 0.05) is 0 Å². The number of halogens is 2. The van der Waals surface area contributed by atoms with Crippen molar-refractivity contribution in [3.8, 4) is 0 Å². The van der Waals surface area contributed by atoms with Gasteiger partial charge in [-0.1, -0.05) is 23.2 Å². The molecule has 0 atom stereocenters. The van der Waals surface area contributed by atoms with Gasteiger partial charge in [-0.25, -0.2) is 0 Å². The fraction of sp³-hybridized carbons (Fsp3) is 0.833. The zero-order valence-electron chi connectivity index (χ0n) is 7.30. The number of alkyl halides is 2. The summed E-state index contributed by atoms with van der Waals surface area (Å²) in [4.78, 5) is 9.54. The van der Waals surface area contributed by atoms with Crippen LogP contribution in [0.1, 0.15) is 13.3 Å². The van der Waals surface area contributed by atoms with Crippen LogP contribution in [0.25, 0.3) is 0 Å². The fourth-order valence-corrected chi connectivity index (χ4v) is 0.324. The van der Waals surface area contributed by atoms with Crippen molar-refractivity contribution in [2.24, 2.45) is 5.73 Å². The SMILES string of the molecule is CCOC(=O)CCO.NC(Cl)Cl.O. The molecule has 7 heteroatoms. The van der Waals surface area contributed by atoms with E-state index in [1.165, 1.54) is 0 Å². The summed E-state index contributed by atoms with van der Waals surface area (Å²) >= 11 is 9.64. The Hall–Kier alpha value is -0.0700. The van der Waals surface area contributed by atoms with Gasteiger partial charge in [-0.2, -0.15) is 0 Å². The summed E-state index contributed by atoms with van der Waals surface area (Å²) in [6, 6.07) is 0. The van der Waals surface area contributed by atoms with Crippen LogP contribution in [-0.2, 0) is 9.53 Å². The summed E-state index contributed by atoms with van der Waals surface area (Å²) < 4.78 is 4.48. The van der Waals surface area contributed by atoms with Crippen molar-refractivity contribution < 1.29 is 20.1 Å². The van der Waals surface area contributed by atoms with Crippen molar-refractivity contribution in [2.75, 3.05) is 13.2 Å². The normalized spacial score (nSPS) is 8.15. The first kappa shape index (κ1) is 18.7. The average molecular weight is 236 g/mol. The smallest absolute Gasteiger partial charge is 0.308 e. The number of aliphatic hydroxyl groups is 1. The number of rotatable bonds is 3. The molecule has 82 valence electrons. The van der Waals surface area contributed by atoms with Crippen LogP contribution in [-0.4, -0.2) is 34.7 Å². The van der Waals surface area contributed by atoms with Crippen LogP contribution >= 0.6 is 23.2 Å². The molecule has 0 unspecified atom stereocenters. The molecule has 0 aromatic heterocycles. The second-order valence-corrected chi connectivity index (χ2v) is 2.78. The molecule has 0 saturated heterocycles. The topological polar surface area (TPSA) is 104 Å². The van der Waals surface area contributed by atoms with Crippen LogP contribution in [0.15, 0.2) is 0 Å². The summed E-state index contributed by atoms with van der Waals surface area (Å²) in [5.74, 6) is -0.338. The highest BCUT2D eigenvalue weighted by molar-refractivity contribution is 6.43. The van der Waals surface area contributed by atoms with Crippen LogP contribution in [0.5, 0.6) is 0 Å². The first-order valence-corrected chi connectivity index (χ1v) is 4.22. The van der Waals surface area contributed by atoms with Gasteiger partial charge in [0.2, 0.25) is 0 Å². The second-order valence-electron chi connectivity index (χ2n) is 1.61. The third-order valence-corrected chi connectivity index (χ3v) is 0.621. The summed E-state index contributed by atoms with van der Waals surface area (Å²) in [7, 11) is 0. The van der Waals surface area contributed by atoms with Gasteiger partial charge in [-0.15, -0.1) is 0 Å². The lowest BCUT2D eigenvalue weighted by molar-refractivity contribution is -0.143. The summed E-state index contributed by atoms with van der Waals surface area (Å²) in [6.45, 7) is 1.99. The number of hydrogen-bond donors (Lipinski definition) is 2. The third-order valence-electron chi connectivity index (χ3n) is 0.621. The van der Waals surface area contributed by atoms with E-state index >= 15 is 0 Å². The Morgan fingerprint density at radius 2 is 2.00 bits per heavy atom. The summed E-state index contributed by atoms with van der Waals surface area (Å²) in [5.41, 5.74) is 4.64. The van der Waals surface area contributed by atoms with Crippen LogP contribution in [0, 0.1) is 0 Å². The summed E-state index contributed by atoms with van der Waals surface area (Å²) in [6.07, 6.45) is 0.105. The van der Waals surface area contributed by atoms with E-state index in [0.717, 1.165) is 0 Å². The minimum Gasteiger partial charge on any atom is -0.466 e. The molecule has 0 aliphatic carbocycles. The van der Waals surface area contributed by atoms with E-state index in [9.17, 15) is 4.79 Å². The Labute approximate surface area is 87.1 Å². The Morgan fingerprint density at radius 1 is 1.62 bits per heavy atom. The van der Waals surface area contributed by atoms with E-state index in [1.807, 2.05) is 0 Å². The maximum absolute atomic E-state index is 10.3. The third kappa shape index (κ3) is 33.5. The largest absolute Gasteiger partial charge is 0.466 e. The van der Waals surface area contributed by atoms with E-state index in [2.05, 4.69) is 10.5 Å². The quantitative estimate of drug-likeness (QED) is 0.402. The lowest BCUT2D eigenvalue weighted by Gasteiger charge is -1.96. The number of esters is 1. The van der Waals surface area contributed by atoms with Crippen molar-refractivity contribution >= 4 is 29.2 Å². The molecule has 0 heterocycles. The average Bonchev–Trinajstić information content (AvgIpc) is 1.87. The first-order valence-electron chi connectivity index (χ1n) is 3.34. The van der Waals surface area contributed by atoms with Crippen molar-refractivity contribution in [1.82, 2.24) is 0 Å². The van der Waals surface area contributed by atoms with E-state index in [0.29, 0.717) is 6.61 Å². The number of carbonyl (C=O) groups is 1. The predicted octanol–water partition coefficient (Wildman–Crippen LogP) is -0.186. The van der Waals surface area contributed by atoms with Crippen LogP contribution in [0.4, 0.5) is 0 Å². The van der Waals surface area contributed by atoms with Gasteiger partial charge >= 0.3 is 5.97 Å². The molecule has 0 radical (unpaired) electrons. The molecule has 0 amide bonds. The zero-order valence-corrected chi connectivity index (χ0v) is 8.81. The Morgan fingerprint density at radius 3 is 2.23 bits per heavy atom. The Balaban J connectivity index is -0.000000173. The van der Waals surface area contributed by atoms with Crippen LogP contribution in [0.2, 0.25) is 0 Å². The molecule has 0 aliphatic rings. The second kappa shape index (κ2) is 14.5. The highest BCUT2D eigenvalue weighted by Gasteiger charge is 1.96. The molecule has 13 heavy (non-hydrogen) atoms. The van der Waals surface area contributed by atoms with Crippen molar-refractivity contribution in [3.05, 3.63) is 0 Å². The molecule has 0 fully saturated rings. The number of ether oxygens (including phenoxy) is 1. The van der Waals surface area contributed by atoms with Crippen LogP contribution < -0.4 is 5.73 Å². The molecule has 0 rings (SSSR count). The van der Waals surface area contributed by atoms with E-state index in [4.69, 9.17) is 28.3 Å². The summed E-state index contributed by atoms with van der Waals surface area (Å²) in [5, 5.41) is 8.16. The fourth-order valence-electron chi connectivity index (χ4n) is 0.324. The monoisotopic (exact) mass is 235 g/mol. The van der Waals surface area contributed by atoms with Gasteiger partial charge in [0.1, 0.15) is 0 Å². The zero-order chi connectivity index (χ0) is 9.98. The number of aliphatic hydroxyl groups excluding tert-OH is 1. The molecule has 0 aromatic rings. The van der Waals surface area contributed by atoms with Crippen molar-refractivity contribution in [3.63, 3.8) is 0 Å². The molecule has 0 saturated carbocycles. The van der Waals surface area contributed by atoms with Crippen LogP contribution in [0.3, 0.4) is 0 Å². The number of carbonyl (C=O) groups excluding carboxylic acids is 1. The Bertz CT molecular complexity index is 102. The maximum Gasteiger partial charge on any atom is 0.308 e. The number of nitrogens with two attached hydrogens (primary N) is 1. The molecule has 0 aromatic carbocycles. The van der Waals surface area contributed by atoms with E-state index in [-0.39, 0.29) is 24.5 Å². The minimum absolute atomic E-state index is 0. The van der Waals surface area contributed by atoms with Gasteiger partial charge in [0.15, 0.2) is 4.96 Å². The first-order chi connectivity index (χ1) is 5.54. The van der Waals surface area contributed by atoms with Gasteiger partial charge in [0.25, 0.3) is 0 Å². The number of hydrogen-bond acceptors (Lipinski definition) is 4. The van der Waals surface area contributed by atoms with Crippen molar-refractivity contribution in [2.45, 2.75) is 18.3 Å². The highest BCUT2D eigenvalue weighted by atomic mass is 35.5. The molecular formula is C6H15Cl2NO4. The van der Waals surface area contributed by atoms with Gasteiger partial charge in [0.05, 0.1) is 19.6 Å². The molecule has 0 spiro atoms. The molecule has 0 aliphatic heterocycles. The van der Waals surface area contributed by atoms with Gasteiger partial charge in [-0.05, 0) is 6.92 Å². The van der Waals surface area contributed by atoms with E-state index in [1.54, 1.807) is 6.92 Å². The van der Waals surface area contributed by atoms with Crippen molar-refractivity contribution in [1.29, 1.82) is 0 Å². The lowest BCUT2D eigenvalue weighted by Crippen LogP contribution is -2.05. The minimum atomic E-state index is -0.722. The maximum atomic E-state index is 10.3.